The first-order chi connectivity index (χ1) is 9.95. The molecule has 0 aliphatic heterocycles. The van der Waals surface area contributed by atoms with Crippen molar-refractivity contribution < 1.29 is 8.42 Å². The molecule has 0 aliphatic carbocycles. The summed E-state index contributed by atoms with van der Waals surface area (Å²) in [5, 5.41) is 9.64. The van der Waals surface area contributed by atoms with Gasteiger partial charge in [-0.05, 0) is 64.6 Å². The van der Waals surface area contributed by atoms with E-state index in [9.17, 15) is 13.7 Å². The highest BCUT2D eigenvalue weighted by Crippen LogP contribution is 2.24. The summed E-state index contributed by atoms with van der Waals surface area (Å²) in [6.45, 7) is 0. The van der Waals surface area contributed by atoms with Crippen molar-refractivity contribution in [3.8, 4) is 6.07 Å². The lowest BCUT2D eigenvalue weighted by Crippen LogP contribution is -2.03. The molecule has 0 bridgehead atoms. The summed E-state index contributed by atoms with van der Waals surface area (Å²) in [4.78, 5) is -0.250. The highest BCUT2D eigenvalue weighted by atomic mass is 127. The summed E-state index contributed by atoms with van der Waals surface area (Å²) in [5.41, 5.74) is 0.687. The van der Waals surface area contributed by atoms with E-state index in [-0.39, 0.29) is 9.80 Å². The van der Waals surface area contributed by atoms with Crippen molar-refractivity contribution in [2.24, 2.45) is 0 Å². The number of rotatable bonds is 3. The van der Waals surface area contributed by atoms with Gasteiger partial charge >= 0.3 is 0 Å². The van der Waals surface area contributed by atoms with Crippen LogP contribution in [0.2, 0.25) is 5.02 Å². The topological polar surface area (TPSA) is 57.9 Å². The Bertz CT molecular complexity index is 837. The second-order valence-electron chi connectivity index (χ2n) is 4.10. The van der Waals surface area contributed by atoms with Crippen LogP contribution in [-0.4, -0.2) is 8.42 Å². The Morgan fingerprint density at radius 3 is 2.33 bits per heavy atom. The molecule has 0 saturated heterocycles. The predicted molar refractivity (Wildman–Crippen MR) is 91.4 cm³/mol. The number of nitriles is 1. The fourth-order valence-electron chi connectivity index (χ4n) is 1.64. The SMILES string of the molecule is N#C/C(=C\c1ccccc1I)S(=O)(=O)c1ccc(Cl)cc1. The number of halogens is 2. The molecule has 0 fully saturated rings. The van der Waals surface area contributed by atoms with Gasteiger partial charge in [0.15, 0.2) is 0 Å². The van der Waals surface area contributed by atoms with Gasteiger partial charge in [-0.3, -0.25) is 0 Å². The van der Waals surface area contributed by atoms with Crippen molar-refractivity contribution in [1.29, 1.82) is 5.26 Å². The van der Waals surface area contributed by atoms with Gasteiger partial charge in [-0.1, -0.05) is 29.8 Å². The second-order valence-corrected chi connectivity index (χ2v) is 7.62. The van der Waals surface area contributed by atoms with E-state index < -0.39 is 9.84 Å². The van der Waals surface area contributed by atoms with Crippen LogP contribution in [0.1, 0.15) is 5.56 Å². The number of allylic oxidation sites excluding steroid dienone is 1. The molecule has 2 rings (SSSR count). The fraction of sp³-hybridized carbons (Fsp3) is 0. The van der Waals surface area contributed by atoms with Gasteiger partial charge in [0, 0.05) is 8.59 Å². The third kappa shape index (κ3) is 3.64. The first-order valence-corrected chi connectivity index (χ1v) is 8.76. The van der Waals surface area contributed by atoms with Gasteiger partial charge in [0.2, 0.25) is 9.84 Å². The van der Waals surface area contributed by atoms with Crippen LogP contribution in [0, 0.1) is 14.9 Å². The molecular weight excluding hydrogens is 421 g/mol. The molecule has 6 heteroatoms. The lowest BCUT2D eigenvalue weighted by Gasteiger charge is -2.04. The third-order valence-corrected chi connectivity index (χ3v) is 5.63. The number of sulfone groups is 1. The molecule has 0 N–H and O–H groups in total. The predicted octanol–water partition coefficient (Wildman–Crippen LogP) is 4.28. The smallest absolute Gasteiger partial charge is 0.216 e. The summed E-state index contributed by atoms with van der Waals surface area (Å²) in [7, 11) is -3.84. The monoisotopic (exact) mass is 429 g/mol. The molecule has 0 amide bonds. The zero-order chi connectivity index (χ0) is 15.5. The fourth-order valence-corrected chi connectivity index (χ4v) is 3.46. The van der Waals surface area contributed by atoms with Gasteiger partial charge in [0.05, 0.1) is 4.90 Å². The molecule has 106 valence electrons. The number of hydrogen-bond donors (Lipinski definition) is 0. The van der Waals surface area contributed by atoms with E-state index in [1.165, 1.54) is 30.3 Å². The maximum atomic E-state index is 12.5. The van der Waals surface area contributed by atoms with Crippen LogP contribution in [-0.2, 0) is 9.84 Å². The molecule has 0 radical (unpaired) electrons. The van der Waals surface area contributed by atoms with Crippen LogP contribution in [0.25, 0.3) is 6.08 Å². The lowest BCUT2D eigenvalue weighted by atomic mass is 10.2. The Labute approximate surface area is 141 Å². The largest absolute Gasteiger partial charge is 0.218 e. The zero-order valence-electron chi connectivity index (χ0n) is 10.6. The van der Waals surface area contributed by atoms with E-state index in [1.807, 2.05) is 12.1 Å². The van der Waals surface area contributed by atoms with E-state index in [1.54, 1.807) is 18.2 Å². The summed E-state index contributed by atoms with van der Waals surface area (Å²) in [6, 6.07) is 14.7. The summed E-state index contributed by atoms with van der Waals surface area (Å²) in [5.74, 6) is 0. The van der Waals surface area contributed by atoms with Gasteiger partial charge in [0.25, 0.3) is 0 Å². The minimum Gasteiger partial charge on any atom is -0.218 e. The van der Waals surface area contributed by atoms with E-state index in [0.29, 0.717) is 10.6 Å². The molecule has 0 aliphatic rings. The van der Waals surface area contributed by atoms with Gasteiger partial charge in [-0.15, -0.1) is 0 Å². The summed E-state index contributed by atoms with van der Waals surface area (Å²) < 4.78 is 25.8. The Balaban J connectivity index is 2.53. The van der Waals surface area contributed by atoms with Crippen LogP contribution in [0.5, 0.6) is 0 Å². The van der Waals surface area contributed by atoms with E-state index >= 15 is 0 Å². The Kier molecular flexibility index (Phi) is 5.04. The standard InChI is InChI=1S/C15H9ClINO2S/c16-12-5-7-13(8-6-12)21(19,20)14(10-18)9-11-3-1-2-4-15(11)17/h1-9H/b14-9+. The van der Waals surface area contributed by atoms with Crippen LogP contribution in [0.3, 0.4) is 0 Å². The molecule has 21 heavy (non-hydrogen) atoms. The van der Waals surface area contributed by atoms with Crippen LogP contribution >= 0.6 is 34.2 Å². The molecule has 0 heterocycles. The highest BCUT2D eigenvalue weighted by Gasteiger charge is 2.20. The molecular formula is C15H9ClINO2S. The zero-order valence-corrected chi connectivity index (χ0v) is 14.4. The maximum Gasteiger partial charge on any atom is 0.216 e. The average molecular weight is 430 g/mol. The molecule has 3 nitrogen and oxygen atoms in total. The number of benzene rings is 2. The normalized spacial score (nSPS) is 12.0. The quantitative estimate of drug-likeness (QED) is 0.540. The lowest BCUT2D eigenvalue weighted by molar-refractivity contribution is 0.603. The molecule has 2 aromatic carbocycles. The van der Waals surface area contributed by atoms with Crippen LogP contribution < -0.4 is 0 Å². The molecule has 0 aromatic heterocycles. The molecule has 2 aromatic rings. The highest BCUT2D eigenvalue weighted by molar-refractivity contribution is 14.1. The number of nitrogens with zero attached hydrogens (tertiary/aromatic N) is 1. The van der Waals surface area contributed by atoms with E-state index in [4.69, 9.17) is 11.6 Å². The first-order valence-electron chi connectivity index (χ1n) is 5.82. The van der Waals surface area contributed by atoms with Gasteiger partial charge in [0.1, 0.15) is 11.0 Å². The van der Waals surface area contributed by atoms with Crippen molar-refractivity contribution in [3.05, 3.63) is 67.6 Å². The van der Waals surface area contributed by atoms with Crippen LogP contribution in [0.4, 0.5) is 0 Å². The van der Waals surface area contributed by atoms with Crippen molar-refractivity contribution in [2.75, 3.05) is 0 Å². The second kappa shape index (κ2) is 6.60. The maximum absolute atomic E-state index is 12.5. The minimum absolute atomic E-state index is 0.0469. The Morgan fingerprint density at radius 2 is 1.76 bits per heavy atom. The molecule has 0 unspecified atom stereocenters. The Hall–Kier alpha value is -1.36. The van der Waals surface area contributed by atoms with Crippen molar-refractivity contribution in [3.63, 3.8) is 0 Å². The third-order valence-electron chi connectivity index (χ3n) is 2.72. The van der Waals surface area contributed by atoms with E-state index in [2.05, 4.69) is 22.6 Å². The molecule has 0 atom stereocenters. The van der Waals surface area contributed by atoms with Crippen molar-refractivity contribution in [1.82, 2.24) is 0 Å². The number of hydrogen-bond acceptors (Lipinski definition) is 3. The van der Waals surface area contributed by atoms with E-state index in [0.717, 1.165) is 3.57 Å². The van der Waals surface area contributed by atoms with Crippen molar-refractivity contribution in [2.45, 2.75) is 4.90 Å². The van der Waals surface area contributed by atoms with Crippen molar-refractivity contribution >= 4 is 50.1 Å². The Morgan fingerprint density at radius 1 is 1.14 bits per heavy atom. The first kappa shape index (κ1) is 16.0. The summed E-state index contributed by atoms with van der Waals surface area (Å²) in [6.07, 6.45) is 1.38. The van der Waals surface area contributed by atoms with Gasteiger partial charge < -0.3 is 0 Å². The van der Waals surface area contributed by atoms with Gasteiger partial charge in [-0.2, -0.15) is 5.26 Å². The van der Waals surface area contributed by atoms with Crippen LogP contribution in [0.15, 0.2) is 58.3 Å². The average Bonchev–Trinajstić information content (AvgIpc) is 2.46. The summed E-state index contributed by atoms with van der Waals surface area (Å²) >= 11 is 7.84. The molecule has 0 spiro atoms. The minimum atomic E-state index is -3.84. The molecule has 0 saturated carbocycles. The van der Waals surface area contributed by atoms with Gasteiger partial charge in [-0.25, -0.2) is 8.42 Å².